The number of methoxy groups -OCH3 is 2. The van der Waals surface area contributed by atoms with E-state index in [0.717, 1.165) is 12.8 Å². The fourth-order valence-corrected chi connectivity index (χ4v) is 5.19. The van der Waals surface area contributed by atoms with Crippen LogP contribution in [0.25, 0.3) is 0 Å². The first-order chi connectivity index (χ1) is 13.5. The number of carbonyl (C=O) groups is 2. The lowest BCUT2D eigenvalue weighted by Crippen LogP contribution is -2.54. The Morgan fingerprint density at radius 2 is 1.59 bits per heavy atom. The zero-order chi connectivity index (χ0) is 19.8. The van der Waals surface area contributed by atoms with Crippen molar-refractivity contribution in [3.63, 3.8) is 0 Å². The predicted octanol–water partition coefficient (Wildman–Crippen LogP) is 1.78. The summed E-state index contributed by atoms with van der Waals surface area (Å²) in [5.74, 6) is 2.23. The minimum atomic E-state index is -0.0512. The maximum absolute atomic E-state index is 13.0. The molecule has 3 aliphatic rings. The van der Waals surface area contributed by atoms with Crippen molar-refractivity contribution in [3.05, 3.63) is 23.8 Å². The average molecular weight is 424 g/mol. The van der Waals surface area contributed by atoms with E-state index in [1.807, 2.05) is 4.90 Å². The van der Waals surface area contributed by atoms with Crippen LogP contribution in [0.4, 0.5) is 0 Å². The maximum Gasteiger partial charge on any atom is 0.254 e. The number of nitrogens with zero attached hydrogens (tertiary/aromatic N) is 2. The van der Waals surface area contributed by atoms with E-state index in [-0.39, 0.29) is 36.2 Å². The standard InChI is InChI=1S/C21H29N3O4.ClH/c1-27-16-6-5-15(12-17(16)28-2)20(25)23-7-9-24(10-8-23)21(26)18-13-3-4-14(11-13)19(18)22;/h5-6,12-14,18-19H,3-4,7-11,22H2,1-2H3;1H. The van der Waals surface area contributed by atoms with Gasteiger partial charge in [0.05, 0.1) is 20.1 Å². The van der Waals surface area contributed by atoms with Gasteiger partial charge in [0, 0.05) is 37.8 Å². The smallest absolute Gasteiger partial charge is 0.254 e. The number of hydrogen-bond donors (Lipinski definition) is 1. The zero-order valence-electron chi connectivity index (χ0n) is 17.0. The number of amides is 2. The van der Waals surface area contributed by atoms with Crippen LogP contribution in [0, 0.1) is 17.8 Å². The largest absolute Gasteiger partial charge is 0.493 e. The first-order valence-corrected chi connectivity index (χ1v) is 10.1. The van der Waals surface area contributed by atoms with Gasteiger partial charge in [0.2, 0.25) is 5.91 Å². The van der Waals surface area contributed by atoms with Gasteiger partial charge < -0.3 is 25.0 Å². The summed E-state index contributed by atoms with van der Waals surface area (Å²) in [6.07, 6.45) is 3.41. The molecule has 3 fully saturated rings. The summed E-state index contributed by atoms with van der Waals surface area (Å²) >= 11 is 0. The third-order valence-corrected chi connectivity index (χ3v) is 6.77. The Balaban J connectivity index is 0.00000240. The Kier molecular flexibility index (Phi) is 6.58. The summed E-state index contributed by atoms with van der Waals surface area (Å²) in [4.78, 5) is 29.6. The zero-order valence-corrected chi connectivity index (χ0v) is 17.8. The molecule has 2 N–H and O–H groups in total. The molecule has 4 atom stereocenters. The van der Waals surface area contributed by atoms with Gasteiger partial charge in [-0.25, -0.2) is 0 Å². The Morgan fingerprint density at radius 3 is 2.17 bits per heavy atom. The molecule has 2 amide bonds. The quantitative estimate of drug-likeness (QED) is 0.797. The number of benzene rings is 1. The average Bonchev–Trinajstić information content (AvgIpc) is 3.33. The Morgan fingerprint density at radius 1 is 0.966 bits per heavy atom. The predicted molar refractivity (Wildman–Crippen MR) is 112 cm³/mol. The summed E-state index contributed by atoms with van der Waals surface area (Å²) < 4.78 is 10.5. The Hall–Kier alpha value is -1.99. The summed E-state index contributed by atoms with van der Waals surface area (Å²) in [6.45, 7) is 2.21. The van der Waals surface area contributed by atoms with E-state index >= 15 is 0 Å². The highest BCUT2D eigenvalue weighted by Gasteiger charge is 2.50. The van der Waals surface area contributed by atoms with Crippen LogP contribution in [-0.4, -0.2) is 68.1 Å². The van der Waals surface area contributed by atoms with Crippen molar-refractivity contribution >= 4 is 24.2 Å². The second kappa shape index (κ2) is 8.79. The van der Waals surface area contributed by atoms with E-state index < -0.39 is 0 Å². The van der Waals surface area contributed by atoms with Crippen molar-refractivity contribution in [3.8, 4) is 11.5 Å². The highest BCUT2D eigenvalue weighted by Crippen LogP contribution is 2.48. The van der Waals surface area contributed by atoms with E-state index in [0.29, 0.717) is 55.1 Å². The van der Waals surface area contributed by atoms with E-state index in [4.69, 9.17) is 15.2 Å². The van der Waals surface area contributed by atoms with Crippen molar-refractivity contribution in [2.24, 2.45) is 23.5 Å². The van der Waals surface area contributed by atoms with Crippen molar-refractivity contribution in [1.82, 2.24) is 9.80 Å². The number of carbonyl (C=O) groups excluding carboxylic acids is 2. The van der Waals surface area contributed by atoms with Crippen LogP contribution in [0.3, 0.4) is 0 Å². The minimum Gasteiger partial charge on any atom is -0.493 e. The number of piperazine rings is 1. The second-order valence-electron chi connectivity index (χ2n) is 8.12. The molecule has 0 radical (unpaired) electrons. The Bertz CT molecular complexity index is 764. The molecule has 2 saturated carbocycles. The van der Waals surface area contributed by atoms with E-state index in [1.54, 1.807) is 37.3 Å². The molecule has 4 unspecified atom stereocenters. The normalized spacial score (nSPS) is 28.1. The van der Waals surface area contributed by atoms with Gasteiger partial charge in [0.1, 0.15) is 0 Å². The third-order valence-electron chi connectivity index (χ3n) is 6.77. The molecule has 4 rings (SSSR count). The van der Waals surface area contributed by atoms with Crippen molar-refractivity contribution in [2.75, 3.05) is 40.4 Å². The Labute approximate surface area is 177 Å². The van der Waals surface area contributed by atoms with Gasteiger partial charge >= 0.3 is 0 Å². The molecule has 0 aromatic heterocycles. The van der Waals surface area contributed by atoms with Crippen LogP contribution in [0.1, 0.15) is 29.6 Å². The molecular weight excluding hydrogens is 394 g/mol. The van der Waals surface area contributed by atoms with Gasteiger partial charge in [-0.1, -0.05) is 0 Å². The van der Waals surface area contributed by atoms with Crippen molar-refractivity contribution < 1.29 is 19.1 Å². The SMILES string of the molecule is COc1ccc(C(=O)N2CCN(C(=O)C3C4CCC(C4)C3N)CC2)cc1OC.Cl. The summed E-state index contributed by atoms with van der Waals surface area (Å²) in [7, 11) is 3.12. The summed E-state index contributed by atoms with van der Waals surface area (Å²) in [6, 6.07) is 5.20. The lowest BCUT2D eigenvalue weighted by atomic mass is 9.84. The number of ether oxygens (including phenoxy) is 2. The van der Waals surface area contributed by atoms with E-state index in [2.05, 4.69) is 0 Å². The molecule has 7 nitrogen and oxygen atoms in total. The van der Waals surface area contributed by atoms with Crippen LogP contribution in [-0.2, 0) is 4.79 Å². The molecule has 1 saturated heterocycles. The molecular formula is C21H30ClN3O4. The van der Waals surface area contributed by atoms with Crippen molar-refractivity contribution in [1.29, 1.82) is 0 Å². The van der Waals surface area contributed by atoms with Gasteiger partial charge in [-0.15, -0.1) is 12.4 Å². The highest BCUT2D eigenvalue weighted by molar-refractivity contribution is 5.95. The van der Waals surface area contributed by atoms with Crippen LogP contribution < -0.4 is 15.2 Å². The molecule has 160 valence electrons. The molecule has 29 heavy (non-hydrogen) atoms. The first kappa shape index (κ1) is 21.7. The van der Waals surface area contributed by atoms with Gasteiger partial charge in [0.25, 0.3) is 5.91 Å². The van der Waals surface area contributed by atoms with Crippen molar-refractivity contribution in [2.45, 2.75) is 25.3 Å². The minimum absolute atomic E-state index is 0. The van der Waals surface area contributed by atoms with Gasteiger partial charge in [0.15, 0.2) is 11.5 Å². The number of halogens is 1. The van der Waals surface area contributed by atoms with Gasteiger partial charge in [-0.3, -0.25) is 9.59 Å². The van der Waals surface area contributed by atoms with Crippen LogP contribution in [0.5, 0.6) is 11.5 Å². The fourth-order valence-electron chi connectivity index (χ4n) is 5.19. The third kappa shape index (κ3) is 3.90. The highest BCUT2D eigenvalue weighted by atomic mass is 35.5. The molecule has 1 aromatic carbocycles. The molecule has 1 aromatic rings. The number of nitrogens with two attached hydrogens (primary N) is 1. The molecule has 0 spiro atoms. The number of rotatable bonds is 4. The first-order valence-electron chi connectivity index (χ1n) is 10.1. The maximum atomic E-state index is 13.0. The topological polar surface area (TPSA) is 85.1 Å². The summed E-state index contributed by atoms with van der Waals surface area (Å²) in [5.41, 5.74) is 6.90. The fraction of sp³-hybridized carbons (Fsp3) is 0.619. The van der Waals surface area contributed by atoms with Crippen LogP contribution in [0.15, 0.2) is 18.2 Å². The molecule has 8 heteroatoms. The molecule has 1 heterocycles. The van der Waals surface area contributed by atoms with Crippen LogP contribution >= 0.6 is 12.4 Å². The van der Waals surface area contributed by atoms with E-state index in [1.165, 1.54) is 6.42 Å². The lowest BCUT2D eigenvalue weighted by Gasteiger charge is -2.38. The lowest BCUT2D eigenvalue weighted by molar-refractivity contribution is -0.139. The molecule has 2 aliphatic carbocycles. The van der Waals surface area contributed by atoms with E-state index in [9.17, 15) is 9.59 Å². The number of fused-ring (bicyclic) bond motifs is 2. The summed E-state index contributed by atoms with van der Waals surface area (Å²) in [5, 5.41) is 0. The monoisotopic (exact) mass is 423 g/mol. The molecule has 2 bridgehead atoms. The molecule has 1 aliphatic heterocycles. The number of hydrogen-bond acceptors (Lipinski definition) is 5. The van der Waals surface area contributed by atoms with Gasteiger partial charge in [-0.05, 0) is 49.3 Å². The van der Waals surface area contributed by atoms with Gasteiger partial charge in [-0.2, -0.15) is 0 Å². The van der Waals surface area contributed by atoms with Crippen LogP contribution in [0.2, 0.25) is 0 Å². The second-order valence-corrected chi connectivity index (χ2v) is 8.12.